The summed E-state index contributed by atoms with van der Waals surface area (Å²) in [6, 6.07) is 5.36. The van der Waals surface area contributed by atoms with E-state index < -0.39 is 5.97 Å². The first-order chi connectivity index (χ1) is 16.0. The summed E-state index contributed by atoms with van der Waals surface area (Å²) in [4.78, 5) is 51.0. The van der Waals surface area contributed by atoms with Crippen molar-refractivity contribution in [1.82, 2.24) is 19.8 Å². The monoisotopic (exact) mass is 467 g/mol. The number of nitrogens with zero attached hydrogens (tertiary/aromatic N) is 4. The average molecular weight is 468 g/mol. The number of carbonyl (C=O) groups excluding carboxylic acids is 3. The molecule has 1 atom stereocenters. The van der Waals surface area contributed by atoms with Crippen LogP contribution >= 0.6 is 0 Å². The summed E-state index contributed by atoms with van der Waals surface area (Å²) in [6.45, 7) is 12.4. The fourth-order valence-corrected chi connectivity index (χ4v) is 4.14. The summed E-state index contributed by atoms with van der Waals surface area (Å²) in [5.74, 6) is -0.674. The zero-order valence-electron chi connectivity index (χ0n) is 20.9. The number of carbonyl (C=O) groups is 3. The highest BCUT2D eigenvalue weighted by Crippen LogP contribution is 2.24. The number of ether oxygens (including phenoxy) is 1. The molecule has 0 bridgehead atoms. The lowest BCUT2D eigenvalue weighted by Crippen LogP contribution is -2.56. The summed E-state index contributed by atoms with van der Waals surface area (Å²) >= 11 is 0. The van der Waals surface area contributed by atoms with E-state index in [4.69, 9.17) is 4.74 Å². The average Bonchev–Trinajstić information content (AvgIpc) is 2.80. The predicted octanol–water partition coefficient (Wildman–Crippen LogP) is 3.69. The molecule has 2 heterocycles. The molecule has 1 unspecified atom stereocenters. The van der Waals surface area contributed by atoms with E-state index in [1.54, 1.807) is 16.7 Å². The van der Waals surface area contributed by atoms with Crippen molar-refractivity contribution in [1.29, 1.82) is 0 Å². The molecular weight excluding hydrogens is 434 g/mol. The van der Waals surface area contributed by atoms with Gasteiger partial charge in [0.2, 0.25) is 0 Å². The number of methoxy groups -OCH3 is 1. The maximum Gasteiger partial charge on any atom is 0.342 e. The molecule has 3 rings (SSSR count). The normalized spacial score (nSPS) is 15.9. The Balaban J connectivity index is 1.80. The van der Waals surface area contributed by atoms with Gasteiger partial charge in [-0.05, 0) is 50.8 Å². The summed E-state index contributed by atoms with van der Waals surface area (Å²) < 4.78 is 4.94. The molecule has 1 fully saturated rings. The van der Waals surface area contributed by atoms with Crippen molar-refractivity contribution in [3.05, 3.63) is 52.1 Å². The van der Waals surface area contributed by atoms with E-state index in [-0.39, 0.29) is 35.2 Å². The zero-order valence-corrected chi connectivity index (χ0v) is 20.9. The highest BCUT2D eigenvalue weighted by molar-refractivity contribution is 6.04. The molecule has 1 aliphatic heterocycles. The Bertz CT molecular complexity index is 1110. The van der Waals surface area contributed by atoms with Crippen LogP contribution in [0.2, 0.25) is 0 Å². The Morgan fingerprint density at radius 1 is 1.12 bits per heavy atom. The van der Waals surface area contributed by atoms with Crippen LogP contribution in [-0.2, 0) is 4.74 Å². The van der Waals surface area contributed by atoms with Gasteiger partial charge in [-0.25, -0.2) is 19.6 Å². The van der Waals surface area contributed by atoms with E-state index in [1.165, 1.54) is 7.11 Å². The summed E-state index contributed by atoms with van der Waals surface area (Å²) in [7, 11) is 1.27. The minimum Gasteiger partial charge on any atom is -0.465 e. The van der Waals surface area contributed by atoms with E-state index in [9.17, 15) is 14.4 Å². The van der Waals surface area contributed by atoms with Crippen LogP contribution < -0.4 is 5.32 Å². The molecule has 9 heteroatoms. The Hall–Kier alpha value is -3.49. The molecule has 1 aromatic carbocycles. The van der Waals surface area contributed by atoms with Crippen molar-refractivity contribution in [2.75, 3.05) is 32.1 Å². The third kappa shape index (κ3) is 5.03. The van der Waals surface area contributed by atoms with Gasteiger partial charge in [-0.15, -0.1) is 0 Å². The maximum absolute atomic E-state index is 13.5. The van der Waals surface area contributed by atoms with Crippen LogP contribution in [0.4, 0.5) is 10.5 Å². The molecule has 9 nitrogen and oxygen atoms in total. The summed E-state index contributed by atoms with van der Waals surface area (Å²) in [6.07, 6.45) is 0. The molecule has 1 saturated heterocycles. The van der Waals surface area contributed by atoms with Crippen LogP contribution in [0.15, 0.2) is 18.2 Å². The van der Waals surface area contributed by atoms with Gasteiger partial charge in [0.05, 0.1) is 12.8 Å². The van der Waals surface area contributed by atoms with Crippen LogP contribution in [0, 0.1) is 20.8 Å². The topological polar surface area (TPSA) is 105 Å². The first-order valence-electron chi connectivity index (χ1n) is 11.4. The SMILES string of the molecule is COC(=O)c1c(C(=O)N2CCN(C(=O)Nc3cccc(C)c3C)C(C)C2)nc(C)nc1C(C)C. The zero-order chi connectivity index (χ0) is 25.2. The fraction of sp³-hybridized carbons (Fsp3) is 0.480. The van der Waals surface area contributed by atoms with Crippen LogP contribution in [-0.4, -0.2) is 70.5 Å². The highest BCUT2D eigenvalue weighted by Gasteiger charge is 2.34. The van der Waals surface area contributed by atoms with E-state index in [1.807, 2.05) is 52.8 Å². The lowest BCUT2D eigenvalue weighted by atomic mass is 10.0. The number of hydrogen-bond acceptors (Lipinski definition) is 6. The van der Waals surface area contributed by atoms with Crippen molar-refractivity contribution in [2.24, 2.45) is 0 Å². The largest absolute Gasteiger partial charge is 0.465 e. The Labute approximate surface area is 200 Å². The molecule has 0 saturated carbocycles. The highest BCUT2D eigenvalue weighted by atomic mass is 16.5. The second kappa shape index (κ2) is 10.2. The molecule has 1 N–H and O–H groups in total. The van der Waals surface area contributed by atoms with Crippen molar-refractivity contribution in [3.63, 3.8) is 0 Å². The molecule has 2 aromatic rings. The van der Waals surface area contributed by atoms with Gasteiger partial charge < -0.3 is 19.9 Å². The minimum absolute atomic E-state index is 0.0449. The van der Waals surface area contributed by atoms with Gasteiger partial charge in [0.25, 0.3) is 5.91 Å². The van der Waals surface area contributed by atoms with Gasteiger partial charge in [-0.1, -0.05) is 26.0 Å². The van der Waals surface area contributed by atoms with E-state index in [2.05, 4.69) is 15.3 Å². The third-order valence-corrected chi connectivity index (χ3v) is 6.21. The molecule has 182 valence electrons. The van der Waals surface area contributed by atoms with Crippen molar-refractivity contribution < 1.29 is 19.1 Å². The number of hydrogen-bond donors (Lipinski definition) is 1. The standard InChI is InChI=1S/C25H33N5O4/c1-14(2)21-20(24(32)34-7)22(27-18(6)26-21)23(31)29-11-12-30(16(4)13-29)25(33)28-19-10-8-9-15(3)17(19)5/h8-10,14,16H,11-13H2,1-7H3,(H,28,33). The van der Waals surface area contributed by atoms with Gasteiger partial charge in [0.1, 0.15) is 17.1 Å². The second-order valence-corrected chi connectivity index (χ2v) is 9.00. The van der Waals surface area contributed by atoms with E-state index in [0.717, 1.165) is 16.8 Å². The third-order valence-electron chi connectivity index (χ3n) is 6.21. The van der Waals surface area contributed by atoms with Crippen molar-refractivity contribution >= 4 is 23.6 Å². The van der Waals surface area contributed by atoms with Crippen LogP contribution in [0.1, 0.15) is 70.2 Å². The van der Waals surface area contributed by atoms with Gasteiger partial charge in [0, 0.05) is 31.4 Å². The van der Waals surface area contributed by atoms with Gasteiger partial charge in [-0.2, -0.15) is 0 Å². The second-order valence-electron chi connectivity index (χ2n) is 9.00. The lowest BCUT2D eigenvalue weighted by molar-refractivity contribution is 0.0550. The van der Waals surface area contributed by atoms with Crippen molar-refractivity contribution in [3.8, 4) is 0 Å². The van der Waals surface area contributed by atoms with E-state index in [0.29, 0.717) is 31.2 Å². The molecule has 34 heavy (non-hydrogen) atoms. The molecule has 3 amide bonds. The van der Waals surface area contributed by atoms with Gasteiger partial charge >= 0.3 is 12.0 Å². The number of aromatic nitrogens is 2. The number of anilines is 1. The lowest BCUT2D eigenvalue weighted by Gasteiger charge is -2.39. The number of esters is 1. The fourth-order valence-electron chi connectivity index (χ4n) is 4.14. The molecule has 0 spiro atoms. The number of amides is 3. The predicted molar refractivity (Wildman–Crippen MR) is 129 cm³/mol. The molecule has 1 aliphatic rings. The maximum atomic E-state index is 13.5. The Kier molecular flexibility index (Phi) is 7.54. The van der Waals surface area contributed by atoms with E-state index >= 15 is 0 Å². The quantitative estimate of drug-likeness (QED) is 0.688. The van der Waals surface area contributed by atoms with Gasteiger partial charge in [0.15, 0.2) is 0 Å². The number of nitrogens with one attached hydrogen (secondary N) is 1. The number of piperazine rings is 1. The Morgan fingerprint density at radius 3 is 2.44 bits per heavy atom. The van der Waals surface area contributed by atoms with Crippen LogP contribution in [0.3, 0.4) is 0 Å². The van der Waals surface area contributed by atoms with Gasteiger partial charge in [-0.3, -0.25) is 4.79 Å². The first kappa shape index (κ1) is 25.1. The molecule has 0 radical (unpaired) electrons. The smallest absolute Gasteiger partial charge is 0.342 e. The number of urea groups is 1. The number of benzene rings is 1. The summed E-state index contributed by atoms with van der Waals surface area (Å²) in [5.41, 5.74) is 3.54. The van der Waals surface area contributed by atoms with Crippen LogP contribution in [0.25, 0.3) is 0 Å². The Morgan fingerprint density at radius 2 is 1.82 bits per heavy atom. The van der Waals surface area contributed by atoms with Crippen molar-refractivity contribution in [2.45, 2.75) is 53.5 Å². The first-order valence-corrected chi connectivity index (χ1v) is 11.4. The molecular formula is C25H33N5O4. The molecule has 1 aromatic heterocycles. The van der Waals surface area contributed by atoms with Crippen LogP contribution in [0.5, 0.6) is 0 Å². The molecule has 0 aliphatic carbocycles. The number of rotatable bonds is 4. The number of aryl methyl sites for hydroxylation is 2. The minimum atomic E-state index is -0.633. The summed E-state index contributed by atoms with van der Waals surface area (Å²) in [5, 5.41) is 2.99.